The topological polar surface area (TPSA) is 98.8 Å². The van der Waals surface area contributed by atoms with Gasteiger partial charge in [0.05, 0.1) is 22.0 Å². The van der Waals surface area contributed by atoms with Crippen LogP contribution < -0.4 is 10.9 Å². The molecule has 8 nitrogen and oxygen atoms in total. The van der Waals surface area contributed by atoms with Crippen molar-refractivity contribution in [2.24, 2.45) is 0 Å². The van der Waals surface area contributed by atoms with Gasteiger partial charge in [-0.25, -0.2) is 8.42 Å². The van der Waals surface area contributed by atoms with E-state index < -0.39 is 21.8 Å². The molecular weight excluding hydrogens is 440 g/mol. The molecular formula is C21H25ClN4O4S. The van der Waals surface area contributed by atoms with Crippen molar-refractivity contribution >= 4 is 33.4 Å². The van der Waals surface area contributed by atoms with E-state index in [2.05, 4.69) is 10.9 Å². The molecule has 0 spiro atoms. The monoisotopic (exact) mass is 464 g/mol. The number of carbonyl (C=O) groups is 2. The largest absolute Gasteiger partial charge is 0.292 e. The first-order chi connectivity index (χ1) is 14.7. The lowest BCUT2D eigenvalue weighted by molar-refractivity contribution is -0.123. The van der Waals surface area contributed by atoms with Crippen LogP contribution in [0, 0.1) is 13.8 Å². The Hall–Kier alpha value is -2.46. The third-order valence-corrected chi connectivity index (χ3v) is 7.47. The molecule has 1 aliphatic heterocycles. The molecule has 0 bridgehead atoms. The van der Waals surface area contributed by atoms with Crippen molar-refractivity contribution in [3.05, 3.63) is 64.2 Å². The molecule has 0 aliphatic carbocycles. The zero-order valence-corrected chi connectivity index (χ0v) is 19.0. The van der Waals surface area contributed by atoms with E-state index in [9.17, 15) is 18.0 Å². The van der Waals surface area contributed by atoms with E-state index in [1.54, 1.807) is 43.3 Å². The molecule has 0 unspecified atom stereocenters. The summed E-state index contributed by atoms with van der Waals surface area (Å²) in [6.45, 7) is 5.15. The number of hydrogen-bond donors (Lipinski definition) is 2. The molecule has 31 heavy (non-hydrogen) atoms. The van der Waals surface area contributed by atoms with Crippen molar-refractivity contribution in [2.75, 3.05) is 32.7 Å². The van der Waals surface area contributed by atoms with E-state index in [-0.39, 0.29) is 30.2 Å². The minimum Gasteiger partial charge on any atom is -0.292 e. The van der Waals surface area contributed by atoms with Gasteiger partial charge in [0, 0.05) is 26.2 Å². The number of sulfonamides is 1. The third-order valence-electron chi connectivity index (χ3n) is 5.08. The maximum absolute atomic E-state index is 13.0. The number of carbonyl (C=O) groups excluding carboxylic acids is 2. The van der Waals surface area contributed by atoms with E-state index in [0.717, 1.165) is 11.1 Å². The molecule has 0 radical (unpaired) electrons. The van der Waals surface area contributed by atoms with Crippen LogP contribution in [0.2, 0.25) is 5.02 Å². The molecule has 2 N–H and O–H groups in total. The van der Waals surface area contributed by atoms with Crippen molar-refractivity contribution in [1.29, 1.82) is 0 Å². The fourth-order valence-corrected chi connectivity index (χ4v) is 5.29. The van der Waals surface area contributed by atoms with Crippen LogP contribution in [0.25, 0.3) is 0 Å². The van der Waals surface area contributed by atoms with Crippen molar-refractivity contribution < 1.29 is 18.0 Å². The average molecular weight is 465 g/mol. The maximum Gasteiger partial charge on any atom is 0.271 e. The Labute approximate surface area is 187 Å². The molecule has 0 atom stereocenters. The molecule has 1 saturated heterocycles. The lowest BCUT2D eigenvalue weighted by Gasteiger charge is -2.33. The van der Waals surface area contributed by atoms with Crippen molar-refractivity contribution in [3.8, 4) is 0 Å². The van der Waals surface area contributed by atoms with E-state index in [1.807, 2.05) is 17.9 Å². The summed E-state index contributed by atoms with van der Waals surface area (Å²) in [5, 5.41) is 0.287. The van der Waals surface area contributed by atoms with Gasteiger partial charge in [0.25, 0.3) is 11.8 Å². The molecule has 166 valence electrons. The normalized spacial score (nSPS) is 15.5. The van der Waals surface area contributed by atoms with E-state index in [4.69, 9.17) is 11.6 Å². The number of halogens is 1. The average Bonchev–Trinajstić information content (AvgIpc) is 2.72. The number of rotatable bonds is 5. The summed E-state index contributed by atoms with van der Waals surface area (Å²) >= 11 is 5.97. The number of piperazine rings is 1. The predicted molar refractivity (Wildman–Crippen MR) is 118 cm³/mol. The molecule has 1 fully saturated rings. The lowest BCUT2D eigenvalue weighted by atomic mass is 10.2. The summed E-state index contributed by atoms with van der Waals surface area (Å²) in [5.74, 6) is -0.908. The first-order valence-corrected chi connectivity index (χ1v) is 11.6. The summed E-state index contributed by atoms with van der Waals surface area (Å²) in [7, 11) is -3.58. The summed E-state index contributed by atoms with van der Waals surface area (Å²) < 4.78 is 27.4. The van der Waals surface area contributed by atoms with Crippen molar-refractivity contribution in [1.82, 2.24) is 20.1 Å². The van der Waals surface area contributed by atoms with Gasteiger partial charge in [-0.15, -0.1) is 0 Å². The Morgan fingerprint density at radius 1 is 1.00 bits per heavy atom. The van der Waals surface area contributed by atoms with Crippen LogP contribution in [0.4, 0.5) is 0 Å². The van der Waals surface area contributed by atoms with Crippen molar-refractivity contribution in [2.45, 2.75) is 18.7 Å². The Morgan fingerprint density at radius 2 is 1.68 bits per heavy atom. The summed E-state index contributed by atoms with van der Waals surface area (Å²) in [6.07, 6.45) is 0. The van der Waals surface area contributed by atoms with Gasteiger partial charge in [0.15, 0.2) is 0 Å². The summed E-state index contributed by atoms with van der Waals surface area (Å²) in [5.41, 5.74) is 6.69. The van der Waals surface area contributed by atoms with Gasteiger partial charge in [-0.05, 0) is 37.6 Å². The Bertz CT molecular complexity index is 1080. The highest BCUT2D eigenvalue weighted by Gasteiger charge is 2.30. The smallest absolute Gasteiger partial charge is 0.271 e. The Balaban J connectivity index is 1.50. The summed E-state index contributed by atoms with van der Waals surface area (Å²) in [4.78, 5) is 26.4. The Morgan fingerprint density at radius 3 is 2.32 bits per heavy atom. The number of amides is 2. The quantitative estimate of drug-likeness (QED) is 0.656. The number of nitrogens with zero attached hydrogens (tertiary/aromatic N) is 2. The van der Waals surface area contributed by atoms with E-state index in [1.165, 1.54) is 4.31 Å². The molecule has 2 aromatic rings. The highest BCUT2D eigenvalue weighted by Crippen LogP contribution is 2.22. The van der Waals surface area contributed by atoms with Crippen LogP contribution >= 0.6 is 11.6 Å². The zero-order chi connectivity index (χ0) is 22.6. The van der Waals surface area contributed by atoms with Gasteiger partial charge in [-0.3, -0.25) is 25.3 Å². The van der Waals surface area contributed by atoms with E-state index >= 15 is 0 Å². The number of hydrogen-bond acceptors (Lipinski definition) is 5. The molecule has 1 aliphatic rings. The minimum atomic E-state index is -3.58. The van der Waals surface area contributed by atoms with Gasteiger partial charge in [0.2, 0.25) is 10.0 Å². The van der Waals surface area contributed by atoms with Gasteiger partial charge < -0.3 is 0 Å². The molecule has 2 aromatic carbocycles. The Kier molecular flexibility index (Phi) is 7.32. The third kappa shape index (κ3) is 5.62. The first-order valence-electron chi connectivity index (χ1n) is 9.82. The lowest BCUT2D eigenvalue weighted by Crippen LogP contribution is -2.52. The fourth-order valence-electron chi connectivity index (χ4n) is 3.44. The predicted octanol–water partition coefficient (Wildman–Crippen LogP) is 1.72. The van der Waals surface area contributed by atoms with Crippen LogP contribution in [0.3, 0.4) is 0 Å². The van der Waals surface area contributed by atoms with Crippen LogP contribution in [-0.2, 0) is 14.8 Å². The maximum atomic E-state index is 13.0. The number of nitrogens with one attached hydrogen (secondary N) is 2. The molecule has 1 heterocycles. The molecule has 10 heteroatoms. The standard InChI is InChI=1S/C21H25ClN4O4S/c1-15-7-8-19(16(2)13-15)31(29,30)26-11-9-25(10-12-26)14-20(27)23-24-21(28)17-5-3-4-6-18(17)22/h3-8,13H,9-12,14H2,1-2H3,(H,23,27)(H,24,28). The van der Waals surface area contributed by atoms with Crippen LogP contribution in [0.5, 0.6) is 0 Å². The molecule has 3 rings (SSSR count). The van der Waals surface area contributed by atoms with Crippen LogP contribution in [0.1, 0.15) is 21.5 Å². The molecule has 0 aromatic heterocycles. The van der Waals surface area contributed by atoms with Crippen LogP contribution in [-0.4, -0.2) is 62.2 Å². The van der Waals surface area contributed by atoms with Crippen molar-refractivity contribution in [3.63, 3.8) is 0 Å². The van der Waals surface area contributed by atoms with Gasteiger partial charge in [-0.2, -0.15) is 4.31 Å². The second-order valence-electron chi connectivity index (χ2n) is 7.43. The van der Waals surface area contributed by atoms with Gasteiger partial charge in [0.1, 0.15) is 0 Å². The minimum absolute atomic E-state index is 0.0419. The number of hydrazine groups is 1. The van der Waals surface area contributed by atoms with Gasteiger partial charge in [-0.1, -0.05) is 41.4 Å². The number of aryl methyl sites for hydroxylation is 2. The zero-order valence-electron chi connectivity index (χ0n) is 17.4. The second-order valence-corrected chi connectivity index (χ2v) is 9.74. The molecule has 0 saturated carbocycles. The first kappa shape index (κ1) is 23.2. The van der Waals surface area contributed by atoms with E-state index in [0.29, 0.717) is 18.0 Å². The highest BCUT2D eigenvalue weighted by molar-refractivity contribution is 7.89. The SMILES string of the molecule is Cc1ccc(S(=O)(=O)N2CCN(CC(=O)NNC(=O)c3ccccc3Cl)CC2)c(C)c1. The highest BCUT2D eigenvalue weighted by atomic mass is 35.5. The fraction of sp³-hybridized carbons (Fsp3) is 0.333. The van der Waals surface area contributed by atoms with Crippen LogP contribution in [0.15, 0.2) is 47.4 Å². The number of benzene rings is 2. The molecule has 2 amide bonds. The van der Waals surface area contributed by atoms with Gasteiger partial charge >= 0.3 is 0 Å². The summed E-state index contributed by atoms with van der Waals surface area (Å²) in [6, 6.07) is 11.8. The second kappa shape index (κ2) is 9.78.